The average molecular weight is 323 g/mol. The molecule has 0 aromatic carbocycles. The standard InChI is InChI=1S/C19H38N4/c1-20-16-23-9-3-4-17(15-23)14-22-12-7-19(8-13-22)18-5-10-21(2)11-6-18/h17-20H,3-16H2,1-2H3. The summed E-state index contributed by atoms with van der Waals surface area (Å²) >= 11 is 0. The Labute approximate surface area is 143 Å². The van der Waals surface area contributed by atoms with Gasteiger partial charge in [-0.25, -0.2) is 0 Å². The molecule has 0 bridgehead atoms. The molecular formula is C19H38N4. The topological polar surface area (TPSA) is 21.8 Å². The van der Waals surface area contributed by atoms with Gasteiger partial charge in [-0.3, -0.25) is 4.90 Å². The fraction of sp³-hybridized carbons (Fsp3) is 1.00. The number of nitrogens with one attached hydrogen (secondary N) is 1. The molecular weight excluding hydrogens is 284 g/mol. The van der Waals surface area contributed by atoms with Crippen LogP contribution in [0.2, 0.25) is 0 Å². The van der Waals surface area contributed by atoms with Crippen molar-refractivity contribution in [3.8, 4) is 0 Å². The highest BCUT2D eigenvalue weighted by atomic mass is 15.2. The SMILES string of the molecule is CNCN1CCCC(CN2CCC(C3CCN(C)CC3)CC2)C1. The first kappa shape index (κ1) is 17.7. The second-order valence-corrected chi connectivity index (χ2v) is 8.38. The van der Waals surface area contributed by atoms with E-state index in [4.69, 9.17) is 0 Å². The summed E-state index contributed by atoms with van der Waals surface area (Å²) in [4.78, 5) is 7.88. The van der Waals surface area contributed by atoms with Gasteiger partial charge in [0.25, 0.3) is 0 Å². The van der Waals surface area contributed by atoms with Gasteiger partial charge >= 0.3 is 0 Å². The lowest BCUT2D eigenvalue weighted by Crippen LogP contribution is -2.46. The summed E-state index contributed by atoms with van der Waals surface area (Å²) in [5.41, 5.74) is 0. The van der Waals surface area contributed by atoms with Crippen LogP contribution in [0.1, 0.15) is 38.5 Å². The molecule has 0 aliphatic carbocycles. The van der Waals surface area contributed by atoms with Crippen molar-refractivity contribution in [3.05, 3.63) is 0 Å². The smallest absolute Gasteiger partial charge is 0.0478 e. The van der Waals surface area contributed by atoms with Gasteiger partial charge in [-0.05, 0) is 103 Å². The van der Waals surface area contributed by atoms with Gasteiger partial charge in [0.2, 0.25) is 0 Å². The van der Waals surface area contributed by atoms with Crippen LogP contribution in [0, 0.1) is 17.8 Å². The largest absolute Gasteiger partial charge is 0.307 e. The predicted octanol–water partition coefficient (Wildman–Crippen LogP) is 1.93. The van der Waals surface area contributed by atoms with Crippen LogP contribution in [0.3, 0.4) is 0 Å². The number of likely N-dealkylation sites (tertiary alicyclic amines) is 3. The normalized spacial score (nSPS) is 30.8. The molecule has 3 saturated heterocycles. The van der Waals surface area contributed by atoms with Crippen LogP contribution in [0.5, 0.6) is 0 Å². The first-order valence-corrected chi connectivity index (χ1v) is 10.0. The molecule has 0 radical (unpaired) electrons. The Kier molecular flexibility index (Phi) is 6.75. The van der Waals surface area contributed by atoms with E-state index < -0.39 is 0 Å². The molecule has 3 rings (SSSR count). The second-order valence-electron chi connectivity index (χ2n) is 8.38. The van der Waals surface area contributed by atoms with Gasteiger partial charge in [0.05, 0.1) is 0 Å². The van der Waals surface area contributed by atoms with Crippen molar-refractivity contribution in [2.24, 2.45) is 17.8 Å². The fourth-order valence-corrected chi connectivity index (χ4v) is 5.14. The molecule has 0 spiro atoms. The van der Waals surface area contributed by atoms with Crippen molar-refractivity contribution in [2.75, 3.05) is 66.6 Å². The third-order valence-corrected chi connectivity index (χ3v) is 6.56. The first-order valence-electron chi connectivity index (χ1n) is 10.0. The van der Waals surface area contributed by atoms with Gasteiger partial charge in [0, 0.05) is 19.8 Å². The van der Waals surface area contributed by atoms with E-state index in [1.165, 1.54) is 84.3 Å². The lowest BCUT2D eigenvalue weighted by Gasteiger charge is -2.41. The summed E-state index contributed by atoms with van der Waals surface area (Å²) in [5.74, 6) is 2.94. The molecule has 0 amide bonds. The van der Waals surface area contributed by atoms with Crippen molar-refractivity contribution >= 4 is 0 Å². The van der Waals surface area contributed by atoms with Crippen molar-refractivity contribution in [1.29, 1.82) is 0 Å². The van der Waals surface area contributed by atoms with Gasteiger partial charge in [-0.2, -0.15) is 0 Å². The van der Waals surface area contributed by atoms with E-state index in [2.05, 4.69) is 34.1 Å². The highest BCUT2D eigenvalue weighted by Crippen LogP contribution is 2.32. The Bertz CT molecular complexity index is 330. The number of nitrogens with zero attached hydrogens (tertiary/aromatic N) is 3. The maximum atomic E-state index is 3.32. The van der Waals surface area contributed by atoms with Crippen molar-refractivity contribution in [2.45, 2.75) is 38.5 Å². The van der Waals surface area contributed by atoms with Crippen LogP contribution in [0.15, 0.2) is 0 Å². The number of hydrogen-bond donors (Lipinski definition) is 1. The van der Waals surface area contributed by atoms with Crippen LogP contribution >= 0.6 is 0 Å². The number of piperidine rings is 3. The van der Waals surface area contributed by atoms with Crippen LogP contribution in [-0.4, -0.2) is 81.3 Å². The third-order valence-electron chi connectivity index (χ3n) is 6.56. The minimum atomic E-state index is 0.900. The Morgan fingerprint density at radius 3 is 2.13 bits per heavy atom. The zero-order valence-corrected chi connectivity index (χ0v) is 15.5. The fourth-order valence-electron chi connectivity index (χ4n) is 5.14. The third kappa shape index (κ3) is 5.15. The van der Waals surface area contributed by atoms with Crippen LogP contribution in [0.25, 0.3) is 0 Å². The molecule has 0 aromatic rings. The molecule has 1 unspecified atom stereocenters. The molecule has 134 valence electrons. The maximum absolute atomic E-state index is 3.32. The Hall–Kier alpha value is -0.160. The highest BCUT2D eigenvalue weighted by Gasteiger charge is 2.30. The molecule has 3 aliphatic rings. The van der Waals surface area contributed by atoms with Crippen LogP contribution in [0.4, 0.5) is 0 Å². The monoisotopic (exact) mass is 322 g/mol. The average Bonchev–Trinajstić information content (AvgIpc) is 2.57. The number of hydrogen-bond acceptors (Lipinski definition) is 4. The maximum Gasteiger partial charge on any atom is 0.0478 e. The van der Waals surface area contributed by atoms with Crippen molar-refractivity contribution in [1.82, 2.24) is 20.0 Å². The van der Waals surface area contributed by atoms with E-state index in [0.29, 0.717) is 0 Å². The lowest BCUT2D eigenvalue weighted by molar-refractivity contribution is 0.0789. The van der Waals surface area contributed by atoms with Crippen molar-refractivity contribution in [3.63, 3.8) is 0 Å². The minimum Gasteiger partial charge on any atom is -0.307 e. The molecule has 4 heteroatoms. The summed E-state index contributed by atoms with van der Waals surface area (Å²) < 4.78 is 0. The van der Waals surface area contributed by atoms with Crippen LogP contribution in [-0.2, 0) is 0 Å². The summed E-state index contributed by atoms with van der Waals surface area (Å²) in [6.07, 6.45) is 8.64. The molecule has 3 aliphatic heterocycles. The van der Waals surface area contributed by atoms with E-state index in [1.807, 2.05) is 0 Å². The van der Waals surface area contributed by atoms with Gasteiger partial charge < -0.3 is 15.1 Å². The summed E-state index contributed by atoms with van der Waals surface area (Å²) in [5, 5.41) is 3.32. The first-order chi connectivity index (χ1) is 11.2. The van der Waals surface area contributed by atoms with Crippen LogP contribution < -0.4 is 5.32 Å². The lowest BCUT2D eigenvalue weighted by atomic mass is 9.78. The van der Waals surface area contributed by atoms with E-state index in [0.717, 1.165) is 24.4 Å². The zero-order chi connectivity index (χ0) is 16.1. The number of rotatable bonds is 5. The highest BCUT2D eigenvalue weighted by molar-refractivity contribution is 4.83. The molecule has 0 aromatic heterocycles. The molecule has 3 fully saturated rings. The van der Waals surface area contributed by atoms with E-state index in [9.17, 15) is 0 Å². The molecule has 0 saturated carbocycles. The zero-order valence-electron chi connectivity index (χ0n) is 15.5. The Morgan fingerprint density at radius 2 is 1.48 bits per heavy atom. The van der Waals surface area contributed by atoms with Gasteiger partial charge in [0.15, 0.2) is 0 Å². The summed E-state index contributed by atoms with van der Waals surface area (Å²) in [6, 6.07) is 0. The van der Waals surface area contributed by atoms with Gasteiger partial charge in [-0.15, -0.1) is 0 Å². The Morgan fingerprint density at radius 1 is 0.826 bits per heavy atom. The summed E-state index contributed by atoms with van der Waals surface area (Å²) in [7, 11) is 4.34. The molecule has 1 N–H and O–H groups in total. The molecule has 23 heavy (non-hydrogen) atoms. The quantitative estimate of drug-likeness (QED) is 0.835. The molecule has 1 atom stereocenters. The second kappa shape index (κ2) is 8.80. The van der Waals surface area contributed by atoms with E-state index >= 15 is 0 Å². The van der Waals surface area contributed by atoms with E-state index in [1.54, 1.807) is 0 Å². The summed E-state index contributed by atoms with van der Waals surface area (Å²) in [6.45, 7) is 10.4. The Balaban J connectivity index is 1.37. The van der Waals surface area contributed by atoms with Gasteiger partial charge in [-0.1, -0.05) is 0 Å². The molecule has 4 nitrogen and oxygen atoms in total. The predicted molar refractivity (Wildman–Crippen MR) is 97.6 cm³/mol. The minimum absolute atomic E-state index is 0.900. The molecule has 3 heterocycles. The van der Waals surface area contributed by atoms with Gasteiger partial charge in [0.1, 0.15) is 0 Å². The van der Waals surface area contributed by atoms with E-state index in [-0.39, 0.29) is 0 Å². The van der Waals surface area contributed by atoms with Crippen molar-refractivity contribution < 1.29 is 0 Å².